The van der Waals surface area contributed by atoms with Crippen LogP contribution in [0, 0.1) is 0 Å². The highest BCUT2D eigenvalue weighted by Crippen LogP contribution is 2.26. The van der Waals surface area contributed by atoms with Crippen molar-refractivity contribution in [3.05, 3.63) is 42.0 Å². The molecule has 3 N–H and O–H groups in total. The summed E-state index contributed by atoms with van der Waals surface area (Å²) >= 11 is 1.66. The number of carbonyl (C=O) groups is 1. The van der Waals surface area contributed by atoms with Crippen LogP contribution in [0.3, 0.4) is 0 Å². The molecule has 1 aromatic rings. The monoisotopic (exact) mass is 236 g/mol. The van der Waals surface area contributed by atoms with Gasteiger partial charge in [-0.3, -0.25) is 4.79 Å². The van der Waals surface area contributed by atoms with Crippen LogP contribution >= 0.6 is 11.8 Å². The number of benzene rings is 1. The van der Waals surface area contributed by atoms with E-state index >= 15 is 0 Å². The predicted molar refractivity (Wildman–Crippen MR) is 69.7 cm³/mol. The highest BCUT2D eigenvalue weighted by molar-refractivity contribution is 8.08. The third-order valence-electron chi connectivity index (χ3n) is 1.92. The molecule has 0 aliphatic heterocycles. The van der Waals surface area contributed by atoms with E-state index in [1.807, 2.05) is 43.5 Å². The van der Waals surface area contributed by atoms with Crippen LogP contribution in [-0.4, -0.2) is 18.8 Å². The number of nitrogens with two attached hydrogens (primary N) is 1. The summed E-state index contributed by atoms with van der Waals surface area (Å²) < 4.78 is 0. The molecule has 0 bridgehead atoms. The molecule has 0 aromatic heterocycles. The maximum absolute atomic E-state index is 10.8. The summed E-state index contributed by atoms with van der Waals surface area (Å²) in [7, 11) is 1.89. The highest BCUT2D eigenvalue weighted by Gasteiger charge is 2.01. The summed E-state index contributed by atoms with van der Waals surface area (Å²) in [6.45, 7) is 0. The van der Waals surface area contributed by atoms with Crippen LogP contribution in [0.4, 0.5) is 0 Å². The number of amides is 1. The van der Waals surface area contributed by atoms with Crippen LogP contribution in [0.25, 0.3) is 4.91 Å². The van der Waals surface area contributed by atoms with Gasteiger partial charge in [-0.15, -0.1) is 11.8 Å². The molecule has 86 valence electrons. The minimum absolute atomic E-state index is 0.279. The summed E-state index contributed by atoms with van der Waals surface area (Å²) in [6.07, 6.45) is 2.15. The standard InChI is InChI=1S/C12H16N2OS/c1-14-9-16-11(7-8-12(13)15)10-5-3-2-4-6-10/h2-7,14H,8-9H2,1H3,(H2,13,15)/b11-7-. The van der Waals surface area contributed by atoms with Crippen LogP contribution < -0.4 is 11.1 Å². The first-order chi connectivity index (χ1) is 7.74. The predicted octanol–water partition coefficient (Wildman–Crippen LogP) is 1.81. The number of nitrogens with one attached hydrogen (secondary N) is 1. The van der Waals surface area contributed by atoms with Gasteiger partial charge in [0.15, 0.2) is 0 Å². The summed E-state index contributed by atoms with van der Waals surface area (Å²) in [5, 5.41) is 3.06. The van der Waals surface area contributed by atoms with Gasteiger partial charge in [0.05, 0.1) is 0 Å². The summed E-state index contributed by atoms with van der Waals surface area (Å²) in [5.74, 6) is 0.498. The van der Waals surface area contributed by atoms with Crippen LogP contribution in [0.5, 0.6) is 0 Å². The van der Waals surface area contributed by atoms with Gasteiger partial charge in [0, 0.05) is 17.2 Å². The van der Waals surface area contributed by atoms with Crippen molar-refractivity contribution >= 4 is 22.6 Å². The topological polar surface area (TPSA) is 55.1 Å². The minimum atomic E-state index is -0.307. The zero-order chi connectivity index (χ0) is 11.8. The Morgan fingerprint density at radius 1 is 1.44 bits per heavy atom. The molecule has 0 atom stereocenters. The number of hydrogen-bond acceptors (Lipinski definition) is 3. The molecule has 0 aliphatic rings. The fourth-order valence-electron chi connectivity index (χ4n) is 1.21. The van der Waals surface area contributed by atoms with Crippen LogP contribution in [0.1, 0.15) is 12.0 Å². The average molecular weight is 236 g/mol. The van der Waals surface area contributed by atoms with E-state index in [2.05, 4.69) is 5.32 Å². The molecule has 0 aliphatic carbocycles. The van der Waals surface area contributed by atoms with Gasteiger partial charge in [-0.1, -0.05) is 36.4 Å². The van der Waals surface area contributed by atoms with Crippen LogP contribution in [-0.2, 0) is 4.79 Å². The van der Waals surface area contributed by atoms with E-state index in [4.69, 9.17) is 5.73 Å². The Morgan fingerprint density at radius 2 is 2.12 bits per heavy atom. The molecule has 0 fully saturated rings. The molecule has 0 saturated carbocycles. The summed E-state index contributed by atoms with van der Waals surface area (Å²) in [4.78, 5) is 11.8. The average Bonchev–Trinajstić information content (AvgIpc) is 2.30. The van der Waals surface area contributed by atoms with Crippen molar-refractivity contribution in [2.24, 2.45) is 5.73 Å². The SMILES string of the molecule is CNCS/C(=C\CC(N)=O)c1ccccc1. The number of primary amides is 1. The fraction of sp³-hybridized carbons (Fsp3) is 0.250. The van der Waals surface area contributed by atoms with Gasteiger partial charge in [-0.05, 0) is 12.6 Å². The van der Waals surface area contributed by atoms with Crippen LogP contribution in [0.15, 0.2) is 36.4 Å². The maximum Gasteiger partial charge on any atom is 0.221 e. The van der Waals surface area contributed by atoms with Gasteiger partial charge in [-0.2, -0.15) is 0 Å². The van der Waals surface area contributed by atoms with Crippen molar-refractivity contribution in [3.63, 3.8) is 0 Å². The maximum atomic E-state index is 10.8. The van der Waals surface area contributed by atoms with Crippen molar-refractivity contribution in [2.75, 3.05) is 12.9 Å². The fourth-order valence-corrected chi connectivity index (χ4v) is 2.01. The molecule has 16 heavy (non-hydrogen) atoms. The van der Waals surface area contributed by atoms with Crippen molar-refractivity contribution in [1.82, 2.24) is 5.32 Å². The minimum Gasteiger partial charge on any atom is -0.369 e. The quantitative estimate of drug-likeness (QED) is 0.741. The lowest BCUT2D eigenvalue weighted by molar-refractivity contribution is -0.117. The van der Waals surface area contributed by atoms with Crippen molar-refractivity contribution in [3.8, 4) is 0 Å². The first-order valence-corrected chi connectivity index (χ1v) is 6.04. The molecule has 0 spiro atoms. The molecule has 1 aromatic carbocycles. The van der Waals surface area contributed by atoms with Gasteiger partial charge in [-0.25, -0.2) is 0 Å². The Morgan fingerprint density at radius 3 is 2.69 bits per heavy atom. The molecule has 0 saturated heterocycles. The van der Waals surface area contributed by atoms with E-state index in [0.29, 0.717) is 0 Å². The van der Waals surface area contributed by atoms with E-state index in [1.165, 1.54) is 0 Å². The van der Waals surface area contributed by atoms with Crippen molar-refractivity contribution in [1.29, 1.82) is 0 Å². The molecule has 0 unspecified atom stereocenters. The molecule has 1 amide bonds. The smallest absolute Gasteiger partial charge is 0.221 e. The van der Waals surface area contributed by atoms with Crippen LogP contribution in [0.2, 0.25) is 0 Å². The Kier molecular flexibility index (Phi) is 5.67. The second-order valence-corrected chi connectivity index (χ2v) is 4.26. The zero-order valence-corrected chi connectivity index (χ0v) is 10.1. The Hall–Kier alpha value is -1.26. The van der Waals surface area contributed by atoms with Gasteiger partial charge >= 0.3 is 0 Å². The second kappa shape index (κ2) is 7.09. The molecule has 3 nitrogen and oxygen atoms in total. The van der Waals surface area contributed by atoms with E-state index < -0.39 is 0 Å². The summed E-state index contributed by atoms with van der Waals surface area (Å²) in [5.41, 5.74) is 6.25. The summed E-state index contributed by atoms with van der Waals surface area (Å²) in [6, 6.07) is 9.98. The Balaban J connectivity index is 2.78. The van der Waals surface area contributed by atoms with Crippen molar-refractivity contribution in [2.45, 2.75) is 6.42 Å². The first-order valence-electron chi connectivity index (χ1n) is 5.05. The van der Waals surface area contributed by atoms with Crippen molar-refractivity contribution < 1.29 is 4.79 Å². The molecular formula is C12H16N2OS. The lowest BCUT2D eigenvalue weighted by Gasteiger charge is -2.06. The number of carbonyl (C=O) groups excluding carboxylic acids is 1. The highest BCUT2D eigenvalue weighted by atomic mass is 32.2. The van der Waals surface area contributed by atoms with Gasteiger partial charge in [0.25, 0.3) is 0 Å². The normalized spacial score (nSPS) is 11.4. The largest absolute Gasteiger partial charge is 0.369 e. The third-order valence-corrected chi connectivity index (χ3v) is 3.07. The number of hydrogen-bond donors (Lipinski definition) is 2. The number of thioether (sulfide) groups is 1. The van der Waals surface area contributed by atoms with E-state index in [0.717, 1.165) is 16.3 Å². The zero-order valence-electron chi connectivity index (χ0n) is 9.27. The first kappa shape index (κ1) is 12.8. The van der Waals surface area contributed by atoms with Gasteiger partial charge in [0.1, 0.15) is 0 Å². The van der Waals surface area contributed by atoms with Gasteiger partial charge < -0.3 is 11.1 Å². The Labute approximate surface area is 100 Å². The molecule has 0 heterocycles. The molecule has 1 rings (SSSR count). The molecular weight excluding hydrogens is 220 g/mol. The van der Waals surface area contributed by atoms with Gasteiger partial charge in [0.2, 0.25) is 5.91 Å². The number of rotatable bonds is 6. The molecule has 0 radical (unpaired) electrons. The second-order valence-electron chi connectivity index (χ2n) is 3.25. The van der Waals surface area contributed by atoms with E-state index in [9.17, 15) is 4.79 Å². The van der Waals surface area contributed by atoms with E-state index in [-0.39, 0.29) is 12.3 Å². The lowest BCUT2D eigenvalue weighted by Crippen LogP contribution is -2.08. The lowest BCUT2D eigenvalue weighted by atomic mass is 10.2. The third kappa shape index (κ3) is 4.51. The van der Waals surface area contributed by atoms with E-state index in [1.54, 1.807) is 11.8 Å². The Bertz CT molecular complexity index is 363. The molecule has 4 heteroatoms.